The number of urea groups is 1. The minimum absolute atomic E-state index is 0.145. The van der Waals surface area contributed by atoms with Gasteiger partial charge in [0.15, 0.2) is 5.13 Å². The predicted octanol–water partition coefficient (Wildman–Crippen LogP) is 3.05. The van der Waals surface area contributed by atoms with Crippen LogP contribution in [0.2, 0.25) is 0 Å². The number of halogens is 3. The van der Waals surface area contributed by atoms with Crippen molar-refractivity contribution in [1.82, 2.24) is 4.98 Å². The summed E-state index contributed by atoms with van der Waals surface area (Å²) in [5.41, 5.74) is -0.666. The molecule has 0 saturated carbocycles. The zero-order valence-corrected chi connectivity index (χ0v) is 14.1. The minimum Gasteiger partial charge on any atom is -0.468 e. The third-order valence-electron chi connectivity index (χ3n) is 3.23. The molecular formula is C15H14F3N3O4S. The fraction of sp³-hybridized carbons (Fsp3) is 0.267. The van der Waals surface area contributed by atoms with Crippen molar-refractivity contribution in [2.24, 2.45) is 0 Å². The molecule has 2 amide bonds. The number of benzene rings is 1. The number of anilines is 2. The number of alkyl halides is 3. The van der Waals surface area contributed by atoms with Crippen molar-refractivity contribution in [1.29, 1.82) is 0 Å². The average Bonchev–Trinajstić information content (AvgIpc) is 3.02. The number of nitrogens with zero attached hydrogens (tertiary/aromatic N) is 1. The Balaban J connectivity index is 1.99. The molecule has 1 atom stereocenters. The highest BCUT2D eigenvalue weighted by molar-refractivity contribution is 7.16. The fourth-order valence-corrected chi connectivity index (χ4v) is 2.82. The minimum atomic E-state index is -4.46. The number of methoxy groups -OCH3 is 1. The van der Waals surface area contributed by atoms with Crippen molar-refractivity contribution in [3.63, 3.8) is 0 Å². The van der Waals surface area contributed by atoms with Crippen molar-refractivity contribution in [3.8, 4) is 0 Å². The lowest BCUT2D eigenvalue weighted by atomic mass is 10.1. The van der Waals surface area contributed by atoms with Crippen LogP contribution in [0.4, 0.5) is 28.8 Å². The molecule has 7 nitrogen and oxygen atoms in total. The van der Waals surface area contributed by atoms with Crippen molar-refractivity contribution in [3.05, 3.63) is 40.9 Å². The van der Waals surface area contributed by atoms with Crippen LogP contribution < -0.4 is 10.6 Å². The average molecular weight is 389 g/mol. The van der Waals surface area contributed by atoms with Crippen LogP contribution in [-0.4, -0.2) is 35.8 Å². The molecule has 1 aromatic carbocycles. The Morgan fingerprint density at radius 3 is 2.46 bits per heavy atom. The number of ether oxygens (including phenoxy) is 1. The molecule has 2 rings (SSSR count). The molecule has 0 aliphatic rings. The van der Waals surface area contributed by atoms with Crippen molar-refractivity contribution in [2.75, 3.05) is 24.4 Å². The van der Waals surface area contributed by atoms with Gasteiger partial charge in [-0.05, 0) is 24.3 Å². The quantitative estimate of drug-likeness (QED) is 0.683. The Hall–Kier alpha value is -2.66. The van der Waals surface area contributed by atoms with Gasteiger partial charge < -0.3 is 15.2 Å². The van der Waals surface area contributed by atoms with Gasteiger partial charge in [0, 0.05) is 16.8 Å². The Morgan fingerprint density at radius 1 is 1.27 bits per heavy atom. The van der Waals surface area contributed by atoms with Gasteiger partial charge in [-0.15, -0.1) is 11.3 Å². The third-order valence-corrected chi connectivity index (χ3v) is 4.25. The van der Waals surface area contributed by atoms with Crippen molar-refractivity contribution in [2.45, 2.75) is 12.1 Å². The summed E-state index contributed by atoms with van der Waals surface area (Å²) in [7, 11) is 1.18. The van der Waals surface area contributed by atoms with E-state index < -0.39 is 36.3 Å². The monoisotopic (exact) mass is 389 g/mol. The number of aromatic nitrogens is 1. The van der Waals surface area contributed by atoms with Gasteiger partial charge in [0.1, 0.15) is 5.92 Å². The maximum Gasteiger partial charge on any atom is 0.416 e. The topological polar surface area (TPSA) is 101 Å². The van der Waals surface area contributed by atoms with Crippen LogP contribution in [-0.2, 0) is 15.7 Å². The molecule has 26 heavy (non-hydrogen) atoms. The van der Waals surface area contributed by atoms with Gasteiger partial charge in [-0.3, -0.25) is 10.1 Å². The SMILES string of the molecule is COC(=O)C(CO)c1cnc(NC(=O)Nc2ccc(C(F)(F)F)cc2)s1. The number of aliphatic hydroxyl groups excluding tert-OH is 1. The van der Waals surface area contributed by atoms with Gasteiger partial charge in [0.05, 0.1) is 19.3 Å². The summed E-state index contributed by atoms with van der Waals surface area (Å²) in [6.07, 6.45) is -3.14. The maximum absolute atomic E-state index is 12.5. The lowest BCUT2D eigenvalue weighted by Gasteiger charge is -2.09. The lowest BCUT2D eigenvalue weighted by Crippen LogP contribution is -2.19. The van der Waals surface area contributed by atoms with Gasteiger partial charge in [-0.1, -0.05) is 0 Å². The van der Waals surface area contributed by atoms with E-state index in [1.807, 2.05) is 0 Å². The molecule has 0 aliphatic carbocycles. The lowest BCUT2D eigenvalue weighted by molar-refractivity contribution is -0.143. The van der Waals surface area contributed by atoms with Crippen LogP contribution in [0.1, 0.15) is 16.4 Å². The van der Waals surface area contributed by atoms with Crippen LogP contribution in [0.5, 0.6) is 0 Å². The van der Waals surface area contributed by atoms with E-state index in [0.717, 1.165) is 35.6 Å². The summed E-state index contributed by atoms with van der Waals surface area (Å²) >= 11 is 0.961. The summed E-state index contributed by atoms with van der Waals surface area (Å²) in [4.78, 5) is 27.7. The largest absolute Gasteiger partial charge is 0.468 e. The number of thiazole rings is 1. The molecule has 2 aromatic rings. The van der Waals surface area contributed by atoms with Crippen LogP contribution in [0.15, 0.2) is 30.5 Å². The highest BCUT2D eigenvalue weighted by Crippen LogP contribution is 2.30. The first-order valence-corrected chi connectivity index (χ1v) is 7.96. The predicted molar refractivity (Wildman–Crippen MR) is 88.0 cm³/mol. The van der Waals surface area contributed by atoms with E-state index in [4.69, 9.17) is 0 Å². The van der Waals surface area contributed by atoms with Crippen molar-refractivity contribution >= 4 is 34.2 Å². The van der Waals surface area contributed by atoms with Crippen LogP contribution in [0.25, 0.3) is 0 Å². The highest BCUT2D eigenvalue weighted by atomic mass is 32.1. The molecule has 0 radical (unpaired) electrons. The van der Waals surface area contributed by atoms with Gasteiger partial charge in [-0.2, -0.15) is 13.2 Å². The Morgan fingerprint density at radius 2 is 1.92 bits per heavy atom. The second-order valence-electron chi connectivity index (χ2n) is 4.98. The maximum atomic E-state index is 12.5. The highest BCUT2D eigenvalue weighted by Gasteiger charge is 2.30. The molecule has 11 heteroatoms. The Kier molecular flexibility index (Phi) is 6.16. The number of carbonyl (C=O) groups excluding carboxylic acids is 2. The summed E-state index contributed by atoms with van der Waals surface area (Å²) < 4.78 is 42.0. The van der Waals surface area contributed by atoms with Crippen molar-refractivity contribution < 1.29 is 32.6 Å². The second-order valence-corrected chi connectivity index (χ2v) is 6.04. The Bertz CT molecular complexity index is 777. The first-order valence-electron chi connectivity index (χ1n) is 7.14. The fourth-order valence-electron chi connectivity index (χ4n) is 1.93. The molecule has 0 saturated heterocycles. The van der Waals surface area contributed by atoms with E-state index in [0.29, 0.717) is 4.88 Å². The standard InChI is InChI=1S/C15H14F3N3O4S/c1-25-12(23)10(7-22)11-6-19-14(26-11)21-13(24)20-9-4-2-8(3-5-9)15(16,17)18/h2-6,10,22H,7H2,1H3,(H2,19,20,21,24). The zero-order chi connectivity index (χ0) is 19.3. The van der Waals surface area contributed by atoms with Gasteiger partial charge in [0.2, 0.25) is 0 Å². The molecule has 0 spiro atoms. The van der Waals surface area contributed by atoms with Crippen LogP contribution in [0.3, 0.4) is 0 Å². The molecule has 140 valence electrons. The zero-order valence-electron chi connectivity index (χ0n) is 13.3. The summed E-state index contributed by atoms with van der Waals surface area (Å²) in [5, 5.41) is 14.1. The number of rotatable bonds is 5. The van der Waals surface area contributed by atoms with Gasteiger partial charge in [-0.25, -0.2) is 9.78 Å². The molecule has 1 aromatic heterocycles. The number of aliphatic hydroxyl groups is 1. The van der Waals surface area contributed by atoms with E-state index in [9.17, 15) is 27.9 Å². The number of hydrogen-bond acceptors (Lipinski definition) is 6. The third kappa shape index (κ3) is 4.92. The molecule has 3 N–H and O–H groups in total. The molecule has 0 aliphatic heterocycles. The van der Waals surface area contributed by atoms with E-state index in [2.05, 4.69) is 20.4 Å². The number of carbonyl (C=O) groups is 2. The summed E-state index contributed by atoms with van der Waals surface area (Å²) in [5.74, 6) is -1.55. The first kappa shape index (κ1) is 19.7. The number of hydrogen-bond donors (Lipinski definition) is 3. The molecular weight excluding hydrogens is 375 g/mol. The smallest absolute Gasteiger partial charge is 0.416 e. The van der Waals surface area contributed by atoms with E-state index in [1.165, 1.54) is 13.3 Å². The summed E-state index contributed by atoms with van der Waals surface area (Å²) in [6.45, 7) is -0.480. The number of esters is 1. The summed E-state index contributed by atoms with van der Waals surface area (Å²) in [6, 6.07) is 3.21. The normalized spacial score (nSPS) is 12.3. The van der Waals surface area contributed by atoms with Gasteiger partial charge >= 0.3 is 18.2 Å². The van der Waals surface area contributed by atoms with Crippen LogP contribution >= 0.6 is 11.3 Å². The number of nitrogens with one attached hydrogen (secondary N) is 2. The molecule has 0 fully saturated rings. The molecule has 1 unspecified atom stereocenters. The number of amides is 2. The van der Waals surface area contributed by atoms with Gasteiger partial charge in [0.25, 0.3) is 0 Å². The molecule has 0 bridgehead atoms. The van der Waals surface area contributed by atoms with E-state index in [1.54, 1.807) is 0 Å². The first-order chi connectivity index (χ1) is 12.2. The Labute approximate surface area is 149 Å². The van der Waals surface area contributed by atoms with E-state index in [-0.39, 0.29) is 10.8 Å². The molecule has 1 heterocycles. The second kappa shape index (κ2) is 8.15. The van der Waals surface area contributed by atoms with Crippen LogP contribution in [0, 0.1) is 0 Å². The van der Waals surface area contributed by atoms with E-state index >= 15 is 0 Å².